The number of halogens is 5. The second kappa shape index (κ2) is 9.82. The molecule has 170 valence electrons. The van der Waals surface area contributed by atoms with Gasteiger partial charge in [0, 0.05) is 12.6 Å². The Labute approximate surface area is 190 Å². The molecule has 9 heteroatoms. The van der Waals surface area contributed by atoms with Crippen LogP contribution in [-0.4, -0.2) is 21.7 Å². The van der Waals surface area contributed by atoms with E-state index in [1.807, 2.05) is 11.6 Å². The first-order chi connectivity index (χ1) is 14.6. The highest BCUT2D eigenvalue weighted by Gasteiger charge is 2.32. The van der Waals surface area contributed by atoms with Crippen LogP contribution in [0.5, 0.6) is 0 Å². The van der Waals surface area contributed by atoms with E-state index < -0.39 is 17.6 Å². The molecular formula is C22H26Cl2F3N3O. The van der Waals surface area contributed by atoms with Gasteiger partial charge in [0.05, 0.1) is 32.6 Å². The van der Waals surface area contributed by atoms with Crippen molar-refractivity contribution in [2.45, 2.75) is 71.1 Å². The van der Waals surface area contributed by atoms with Crippen LogP contribution in [0.3, 0.4) is 0 Å². The smallest absolute Gasteiger partial charge is 0.349 e. The van der Waals surface area contributed by atoms with Gasteiger partial charge in [0.25, 0.3) is 5.91 Å². The molecule has 2 aromatic rings. The molecule has 1 fully saturated rings. The molecule has 1 N–H and O–H groups in total. The first kappa shape index (κ1) is 23.9. The number of hydrogen-bond donors (Lipinski definition) is 1. The van der Waals surface area contributed by atoms with E-state index in [1.165, 1.54) is 0 Å². The number of rotatable bonds is 6. The Morgan fingerprint density at radius 2 is 1.84 bits per heavy atom. The number of nitrogens with zero attached hydrogens (tertiary/aromatic N) is 2. The van der Waals surface area contributed by atoms with Gasteiger partial charge in [-0.25, -0.2) is 0 Å². The second-order valence-corrected chi connectivity index (χ2v) is 8.77. The minimum absolute atomic E-state index is 0.00794. The van der Waals surface area contributed by atoms with Crippen LogP contribution in [0, 0.1) is 5.92 Å². The van der Waals surface area contributed by atoms with Crippen LogP contribution in [0.4, 0.5) is 13.2 Å². The van der Waals surface area contributed by atoms with Gasteiger partial charge in [0.15, 0.2) is 0 Å². The normalized spacial score (nSPS) is 19.5. The van der Waals surface area contributed by atoms with Crippen LogP contribution in [-0.2, 0) is 25.6 Å². The molecule has 1 aromatic heterocycles. The summed E-state index contributed by atoms with van der Waals surface area (Å²) in [5.41, 5.74) is 0.928. The Balaban J connectivity index is 1.59. The molecule has 1 saturated carbocycles. The number of amides is 1. The van der Waals surface area contributed by atoms with Crippen molar-refractivity contribution in [3.8, 4) is 0 Å². The number of nitrogens with one attached hydrogen (secondary N) is 1. The van der Waals surface area contributed by atoms with Gasteiger partial charge in [-0.05, 0) is 62.6 Å². The summed E-state index contributed by atoms with van der Waals surface area (Å²) in [6.45, 7) is 4.87. The third-order valence-corrected chi connectivity index (χ3v) is 6.65. The van der Waals surface area contributed by atoms with Crippen LogP contribution < -0.4 is 5.32 Å². The lowest BCUT2D eigenvalue weighted by Crippen LogP contribution is -2.38. The molecule has 0 aliphatic heterocycles. The fraction of sp³-hybridized carbons (Fsp3) is 0.545. The summed E-state index contributed by atoms with van der Waals surface area (Å²) < 4.78 is 40.9. The molecule has 0 radical (unpaired) electrons. The summed E-state index contributed by atoms with van der Waals surface area (Å²) in [6, 6.07) is 2.71. The van der Waals surface area contributed by atoms with E-state index in [-0.39, 0.29) is 16.6 Å². The third-order valence-electron chi connectivity index (χ3n) is 5.88. The monoisotopic (exact) mass is 475 g/mol. The number of carbonyl (C=O) groups excluding carboxylic acids is 1. The zero-order valence-corrected chi connectivity index (χ0v) is 19.0. The molecule has 3 rings (SSSR count). The van der Waals surface area contributed by atoms with E-state index in [9.17, 15) is 18.0 Å². The Bertz CT molecular complexity index is 935. The molecule has 0 bridgehead atoms. The third kappa shape index (κ3) is 5.55. The first-order valence-corrected chi connectivity index (χ1v) is 11.3. The van der Waals surface area contributed by atoms with Gasteiger partial charge in [0.1, 0.15) is 0 Å². The average molecular weight is 476 g/mol. The van der Waals surface area contributed by atoms with Gasteiger partial charge in [-0.15, -0.1) is 0 Å². The van der Waals surface area contributed by atoms with Crippen molar-refractivity contribution in [3.05, 3.63) is 50.8 Å². The van der Waals surface area contributed by atoms with Crippen LogP contribution in [0.2, 0.25) is 10.0 Å². The van der Waals surface area contributed by atoms with Crippen molar-refractivity contribution < 1.29 is 18.0 Å². The summed E-state index contributed by atoms with van der Waals surface area (Å²) in [5.74, 6) is -0.157. The fourth-order valence-corrected chi connectivity index (χ4v) is 4.72. The van der Waals surface area contributed by atoms with Crippen molar-refractivity contribution in [3.63, 3.8) is 0 Å². The van der Waals surface area contributed by atoms with E-state index in [0.29, 0.717) is 5.92 Å². The van der Waals surface area contributed by atoms with Crippen molar-refractivity contribution in [2.75, 3.05) is 0 Å². The lowest BCUT2D eigenvalue weighted by Gasteiger charge is -2.29. The van der Waals surface area contributed by atoms with Gasteiger partial charge in [0.2, 0.25) is 0 Å². The zero-order chi connectivity index (χ0) is 22.8. The van der Waals surface area contributed by atoms with Gasteiger partial charge in [-0.2, -0.15) is 18.3 Å². The summed E-state index contributed by atoms with van der Waals surface area (Å²) in [7, 11) is 0. The van der Waals surface area contributed by atoms with E-state index in [1.54, 1.807) is 0 Å². The first-order valence-electron chi connectivity index (χ1n) is 10.6. The molecule has 31 heavy (non-hydrogen) atoms. The highest BCUT2D eigenvalue weighted by Crippen LogP contribution is 2.32. The largest absolute Gasteiger partial charge is 0.416 e. The number of aromatic nitrogens is 2. The van der Waals surface area contributed by atoms with Gasteiger partial charge in [-0.1, -0.05) is 37.0 Å². The summed E-state index contributed by atoms with van der Waals surface area (Å²) in [5, 5.41) is 8.26. The number of carbonyl (C=O) groups is 1. The van der Waals surface area contributed by atoms with Crippen molar-refractivity contribution in [1.29, 1.82) is 0 Å². The topological polar surface area (TPSA) is 46.9 Å². The van der Waals surface area contributed by atoms with E-state index in [4.69, 9.17) is 23.2 Å². The van der Waals surface area contributed by atoms with E-state index in [2.05, 4.69) is 17.3 Å². The molecule has 1 aromatic carbocycles. The van der Waals surface area contributed by atoms with Crippen LogP contribution in [0.1, 0.15) is 66.8 Å². The summed E-state index contributed by atoms with van der Waals surface area (Å²) >= 11 is 12.4. The number of alkyl halides is 3. The van der Waals surface area contributed by atoms with Crippen LogP contribution >= 0.6 is 23.2 Å². The summed E-state index contributed by atoms with van der Waals surface area (Å²) in [6.07, 6.45) is 0.369. The molecule has 0 saturated heterocycles. The van der Waals surface area contributed by atoms with Crippen molar-refractivity contribution in [1.82, 2.24) is 15.1 Å². The summed E-state index contributed by atoms with van der Waals surface area (Å²) in [4.78, 5) is 12.6. The molecule has 0 spiro atoms. The molecule has 4 nitrogen and oxygen atoms in total. The molecule has 0 unspecified atom stereocenters. The van der Waals surface area contributed by atoms with Gasteiger partial charge in [-0.3, -0.25) is 9.48 Å². The highest BCUT2D eigenvalue weighted by molar-refractivity contribution is 6.33. The fourth-order valence-electron chi connectivity index (χ4n) is 4.12. The second-order valence-electron chi connectivity index (χ2n) is 7.98. The van der Waals surface area contributed by atoms with E-state index in [0.717, 1.165) is 79.7 Å². The SMILES string of the molecule is CCc1nn(CC2CCC(NC(=O)c3cc(C(F)(F)F)ccc3Cl)CC2)c(CC)c1Cl. The maximum Gasteiger partial charge on any atom is 0.416 e. The Kier molecular flexibility index (Phi) is 7.58. The maximum absolute atomic E-state index is 13.0. The van der Waals surface area contributed by atoms with Gasteiger partial charge < -0.3 is 5.32 Å². The van der Waals surface area contributed by atoms with Crippen molar-refractivity contribution in [2.24, 2.45) is 5.92 Å². The average Bonchev–Trinajstić information content (AvgIpc) is 3.03. The molecule has 1 aliphatic carbocycles. The number of benzene rings is 1. The predicted octanol–water partition coefficient (Wildman–Crippen LogP) is 6.32. The lowest BCUT2D eigenvalue weighted by molar-refractivity contribution is -0.137. The zero-order valence-electron chi connectivity index (χ0n) is 17.5. The van der Waals surface area contributed by atoms with Crippen LogP contribution in [0.25, 0.3) is 0 Å². The minimum atomic E-state index is -4.53. The molecular weight excluding hydrogens is 450 g/mol. The molecule has 1 amide bonds. The quantitative estimate of drug-likeness (QED) is 0.530. The molecule has 1 heterocycles. The number of hydrogen-bond acceptors (Lipinski definition) is 2. The Morgan fingerprint density at radius 3 is 2.42 bits per heavy atom. The Hall–Kier alpha value is -1.73. The molecule has 0 atom stereocenters. The van der Waals surface area contributed by atoms with Gasteiger partial charge >= 0.3 is 6.18 Å². The van der Waals surface area contributed by atoms with Crippen LogP contribution in [0.15, 0.2) is 18.2 Å². The molecule has 1 aliphatic rings. The Morgan fingerprint density at radius 1 is 1.16 bits per heavy atom. The van der Waals surface area contributed by atoms with E-state index >= 15 is 0 Å². The number of aryl methyl sites for hydroxylation is 1. The van der Waals surface area contributed by atoms with Crippen molar-refractivity contribution >= 4 is 29.1 Å². The maximum atomic E-state index is 13.0. The predicted molar refractivity (Wildman–Crippen MR) is 116 cm³/mol. The lowest BCUT2D eigenvalue weighted by atomic mass is 9.86. The standard InChI is InChI=1S/C22H26Cl2F3N3O/c1-3-18-20(24)19(4-2)30(29-18)12-13-5-8-15(9-6-13)28-21(31)16-11-14(22(25,26)27)7-10-17(16)23/h7,10-11,13,15H,3-6,8-9,12H2,1-2H3,(H,28,31). The minimum Gasteiger partial charge on any atom is -0.349 e. The highest BCUT2D eigenvalue weighted by atomic mass is 35.5.